The van der Waals surface area contributed by atoms with Gasteiger partial charge >= 0.3 is 0 Å². The Hall–Kier alpha value is -2.32. The molecule has 1 amide bonds. The molecule has 0 bridgehead atoms. The van der Waals surface area contributed by atoms with Crippen LogP contribution in [0, 0.1) is 0 Å². The molecule has 152 valence electrons. The van der Waals surface area contributed by atoms with Crippen LogP contribution in [0.25, 0.3) is 0 Å². The monoisotopic (exact) mass is 452 g/mol. The molecule has 0 unspecified atom stereocenters. The topological polar surface area (TPSA) is 88.4 Å². The smallest absolute Gasteiger partial charge is 0.242 e. The van der Waals surface area contributed by atoms with E-state index in [1.165, 1.54) is 24.5 Å². The Morgan fingerprint density at radius 2 is 1.79 bits per heavy atom. The van der Waals surface area contributed by atoms with E-state index in [1.807, 2.05) is 30.3 Å². The average molecular weight is 453 g/mol. The van der Waals surface area contributed by atoms with Crippen LogP contribution in [0.1, 0.15) is 11.3 Å². The largest absolute Gasteiger partial charge is 0.467 e. The summed E-state index contributed by atoms with van der Waals surface area (Å²) >= 11 is 12.0. The third-order valence-corrected chi connectivity index (χ3v) is 6.28. The van der Waals surface area contributed by atoms with Crippen molar-refractivity contribution in [2.75, 3.05) is 0 Å². The molecule has 0 fully saturated rings. The SMILES string of the molecule is O=C(NCc1ccco1)[C@@H](Cc1ccccc1)NS(=O)(=O)c1cc(Cl)ccc1Cl. The van der Waals surface area contributed by atoms with Gasteiger partial charge in [0.05, 0.1) is 17.8 Å². The highest BCUT2D eigenvalue weighted by molar-refractivity contribution is 7.89. The molecule has 0 saturated carbocycles. The van der Waals surface area contributed by atoms with Crippen LogP contribution in [0.5, 0.6) is 0 Å². The summed E-state index contributed by atoms with van der Waals surface area (Å²) in [5, 5.41) is 2.92. The molecule has 2 aromatic carbocycles. The van der Waals surface area contributed by atoms with Crippen LogP contribution in [0.15, 0.2) is 76.2 Å². The zero-order chi connectivity index (χ0) is 20.9. The van der Waals surface area contributed by atoms with E-state index in [1.54, 1.807) is 12.1 Å². The second kappa shape index (κ2) is 9.45. The molecule has 9 heteroatoms. The van der Waals surface area contributed by atoms with Crippen LogP contribution in [0.3, 0.4) is 0 Å². The van der Waals surface area contributed by atoms with Gasteiger partial charge in [-0.3, -0.25) is 4.79 Å². The molecular weight excluding hydrogens is 435 g/mol. The molecule has 0 spiro atoms. The minimum Gasteiger partial charge on any atom is -0.467 e. The molecule has 1 aromatic heterocycles. The standard InChI is InChI=1S/C20H18Cl2N2O4S/c21-15-8-9-17(22)19(12-15)29(26,27)24-18(11-14-5-2-1-3-6-14)20(25)23-13-16-7-4-10-28-16/h1-10,12,18,24H,11,13H2,(H,23,25)/t18-/m1/s1. The first-order chi connectivity index (χ1) is 13.8. The summed E-state index contributed by atoms with van der Waals surface area (Å²) in [6.07, 6.45) is 1.65. The number of nitrogens with one attached hydrogen (secondary N) is 2. The van der Waals surface area contributed by atoms with E-state index >= 15 is 0 Å². The molecule has 0 aliphatic heterocycles. The van der Waals surface area contributed by atoms with Crippen LogP contribution in [-0.4, -0.2) is 20.4 Å². The van der Waals surface area contributed by atoms with Crippen molar-refractivity contribution in [1.29, 1.82) is 0 Å². The Morgan fingerprint density at radius 3 is 2.48 bits per heavy atom. The van der Waals surface area contributed by atoms with Crippen LogP contribution in [0.4, 0.5) is 0 Å². The Bertz CT molecular complexity index is 1070. The molecule has 0 saturated heterocycles. The summed E-state index contributed by atoms with van der Waals surface area (Å²) in [4.78, 5) is 12.6. The third-order valence-electron chi connectivity index (χ3n) is 4.10. The number of carbonyl (C=O) groups excluding carboxylic acids is 1. The lowest BCUT2D eigenvalue weighted by atomic mass is 10.1. The van der Waals surface area contributed by atoms with Crippen molar-refractivity contribution < 1.29 is 17.6 Å². The molecule has 1 heterocycles. The minimum atomic E-state index is -4.10. The summed E-state index contributed by atoms with van der Waals surface area (Å²) in [5.74, 6) is 0.0598. The second-order valence-corrected chi connectivity index (χ2v) is 8.76. The Labute approximate surface area is 178 Å². The Kier molecular flexibility index (Phi) is 6.97. The van der Waals surface area contributed by atoms with Gasteiger partial charge in [-0.15, -0.1) is 0 Å². The van der Waals surface area contributed by atoms with Gasteiger partial charge in [0.25, 0.3) is 0 Å². The Morgan fingerprint density at radius 1 is 1.03 bits per heavy atom. The van der Waals surface area contributed by atoms with Crippen molar-refractivity contribution in [2.24, 2.45) is 0 Å². The highest BCUT2D eigenvalue weighted by atomic mass is 35.5. The van der Waals surface area contributed by atoms with Gasteiger partial charge in [-0.05, 0) is 42.3 Å². The first-order valence-corrected chi connectivity index (χ1v) is 10.9. The van der Waals surface area contributed by atoms with Crippen LogP contribution in [0.2, 0.25) is 10.0 Å². The molecular formula is C20H18Cl2N2O4S. The fourth-order valence-electron chi connectivity index (χ4n) is 2.68. The van der Waals surface area contributed by atoms with Gasteiger partial charge in [0.1, 0.15) is 16.7 Å². The number of hydrogen-bond donors (Lipinski definition) is 2. The molecule has 0 radical (unpaired) electrons. The molecule has 1 atom stereocenters. The van der Waals surface area contributed by atoms with E-state index in [9.17, 15) is 13.2 Å². The quantitative estimate of drug-likeness (QED) is 0.543. The number of rotatable bonds is 8. The second-order valence-electron chi connectivity index (χ2n) is 6.24. The molecule has 0 aliphatic rings. The molecule has 29 heavy (non-hydrogen) atoms. The van der Waals surface area contributed by atoms with Gasteiger partial charge in [0.2, 0.25) is 15.9 Å². The molecule has 3 rings (SSSR count). The van der Waals surface area contributed by atoms with Crippen molar-refractivity contribution in [3.8, 4) is 0 Å². The van der Waals surface area contributed by atoms with E-state index < -0.39 is 22.0 Å². The number of sulfonamides is 1. The lowest BCUT2D eigenvalue weighted by Gasteiger charge is -2.19. The van der Waals surface area contributed by atoms with Gasteiger partial charge in [-0.1, -0.05) is 53.5 Å². The van der Waals surface area contributed by atoms with E-state index in [0.29, 0.717) is 5.76 Å². The minimum absolute atomic E-state index is 0.0105. The highest BCUT2D eigenvalue weighted by Gasteiger charge is 2.27. The summed E-state index contributed by atoms with van der Waals surface area (Å²) < 4.78 is 33.4. The van der Waals surface area contributed by atoms with Crippen LogP contribution in [-0.2, 0) is 27.8 Å². The number of hydrogen-bond acceptors (Lipinski definition) is 4. The Balaban J connectivity index is 1.83. The van der Waals surface area contributed by atoms with Crippen LogP contribution >= 0.6 is 23.2 Å². The molecule has 3 aromatic rings. The van der Waals surface area contributed by atoms with Crippen LogP contribution < -0.4 is 10.0 Å². The first kappa shape index (κ1) is 21.4. The number of benzene rings is 2. The van der Waals surface area contributed by atoms with Crippen molar-refractivity contribution in [3.63, 3.8) is 0 Å². The molecule has 2 N–H and O–H groups in total. The summed E-state index contributed by atoms with van der Waals surface area (Å²) in [5.41, 5.74) is 0.797. The fourth-order valence-corrected chi connectivity index (χ4v) is 4.64. The van der Waals surface area contributed by atoms with E-state index in [0.717, 1.165) is 5.56 Å². The maximum Gasteiger partial charge on any atom is 0.242 e. The fraction of sp³-hybridized carbons (Fsp3) is 0.150. The number of carbonyl (C=O) groups is 1. The zero-order valence-corrected chi connectivity index (χ0v) is 17.5. The summed E-state index contributed by atoms with van der Waals surface area (Å²) in [7, 11) is -4.10. The van der Waals surface area contributed by atoms with Gasteiger partial charge in [-0.2, -0.15) is 4.72 Å². The molecule has 0 aliphatic carbocycles. The van der Waals surface area contributed by atoms with Gasteiger partial charge < -0.3 is 9.73 Å². The maximum absolute atomic E-state index is 12.9. The molecule has 6 nitrogen and oxygen atoms in total. The highest BCUT2D eigenvalue weighted by Crippen LogP contribution is 2.25. The van der Waals surface area contributed by atoms with Gasteiger partial charge in [-0.25, -0.2) is 8.42 Å². The zero-order valence-electron chi connectivity index (χ0n) is 15.1. The maximum atomic E-state index is 12.9. The van der Waals surface area contributed by atoms with E-state index in [4.69, 9.17) is 27.6 Å². The van der Waals surface area contributed by atoms with E-state index in [-0.39, 0.29) is 27.9 Å². The van der Waals surface area contributed by atoms with Crippen molar-refractivity contribution >= 4 is 39.1 Å². The lowest BCUT2D eigenvalue weighted by molar-refractivity contribution is -0.122. The van der Waals surface area contributed by atoms with Gasteiger partial charge in [0, 0.05) is 5.02 Å². The first-order valence-electron chi connectivity index (χ1n) is 8.66. The normalized spacial score (nSPS) is 12.5. The number of halogens is 2. The third kappa shape index (κ3) is 5.83. The average Bonchev–Trinajstić information content (AvgIpc) is 3.21. The van der Waals surface area contributed by atoms with Crippen molar-refractivity contribution in [2.45, 2.75) is 23.9 Å². The van der Waals surface area contributed by atoms with E-state index in [2.05, 4.69) is 10.0 Å². The predicted molar refractivity (Wildman–Crippen MR) is 111 cm³/mol. The van der Waals surface area contributed by atoms with Crippen molar-refractivity contribution in [3.05, 3.63) is 88.3 Å². The number of furan rings is 1. The predicted octanol–water partition coefficient (Wildman–Crippen LogP) is 3.79. The lowest BCUT2D eigenvalue weighted by Crippen LogP contribution is -2.47. The summed E-state index contributed by atoms with van der Waals surface area (Å²) in [6.45, 7) is 0.136. The number of amides is 1. The summed E-state index contributed by atoms with van der Waals surface area (Å²) in [6, 6.07) is 15.6. The van der Waals surface area contributed by atoms with Gasteiger partial charge in [0.15, 0.2) is 0 Å². The van der Waals surface area contributed by atoms with Crippen molar-refractivity contribution in [1.82, 2.24) is 10.0 Å².